The molecule has 0 aromatic carbocycles. The number of rotatable bonds is 5. The van der Waals surface area contributed by atoms with Crippen molar-refractivity contribution < 1.29 is 28.8 Å². The van der Waals surface area contributed by atoms with Crippen molar-refractivity contribution in [1.29, 1.82) is 0 Å². The Labute approximate surface area is 131 Å². The molecule has 128 valence electrons. The monoisotopic (exact) mass is 347 g/mol. The SMILES string of the molecule is CCOC(=O)P(=O)(O)C(O)[C@@H]1CC[C@H](n2ccc(N)nc2=O)O1. The van der Waals surface area contributed by atoms with Crippen molar-refractivity contribution in [3.8, 4) is 0 Å². The van der Waals surface area contributed by atoms with Crippen LogP contribution in [0.1, 0.15) is 26.0 Å². The standard InChI is InChI=1S/C12H18N3O7P/c1-2-21-12(18)23(19,20)10(16)7-3-4-9(22-7)15-6-5-8(13)14-11(15)17/h5-7,9-10,16H,2-4H2,1H3,(H,19,20)(H2,13,14,17)/t7-,9+,10?/m0/s1. The number of aromatic nitrogens is 2. The maximum absolute atomic E-state index is 12.0. The Bertz CT molecular complexity index is 691. The fourth-order valence-corrected chi connectivity index (χ4v) is 3.46. The van der Waals surface area contributed by atoms with Crippen LogP contribution in [-0.2, 0) is 14.0 Å². The Morgan fingerprint density at radius 1 is 1.65 bits per heavy atom. The number of carbonyl (C=O) groups excluding carboxylic acids is 1. The van der Waals surface area contributed by atoms with Gasteiger partial charge in [-0.25, -0.2) is 9.59 Å². The second kappa shape index (κ2) is 6.79. The van der Waals surface area contributed by atoms with E-state index in [9.17, 15) is 24.2 Å². The van der Waals surface area contributed by atoms with Crippen LogP contribution < -0.4 is 11.4 Å². The molecule has 0 spiro atoms. The van der Waals surface area contributed by atoms with Crippen molar-refractivity contribution in [1.82, 2.24) is 9.55 Å². The fourth-order valence-electron chi connectivity index (χ4n) is 2.26. The normalized spacial score (nSPS) is 24.8. The number of ether oxygens (including phenoxy) is 2. The molecule has 0 radical (unpaired) electrons. The highest BCUT2D eigenvalue weighted by atomic mass is 31.2. The van der Waals surface area contributed by atoms with Gasteiger partial charge in [0.1, 0.15) is 12.0 Å². The van der Waals surface area contributed by atoms with E-state index in [0.717, 1.165) is 4.57 Å². The van der Waals surface area contributed by atoms with E-state index in [4.69, 9.17) is 10.5 Å². The van der Waals surface area contributed by atoms with Gasteiger partial charge < -0.3 is 25.2 Å². The minimum absolute atomic E-state index is 0.0583. The Morgan fingerprint density at radius 2 is 2.35 bits per heavy atom. The van der Waals surface area contributed by atoms with Crippen LogP contribution in [-0.4, -0.2) is 43.8 Å². The first kappa shape index (κ1) is 17.6. The zero-order valence-corrected chi connectivity index (χ0v) is 13.3. The molecular formula is C12H18N3O7P. The number of carbonyl (C=O) groups is 1. The highest BCUT2D eigenvalue weighted by Crippen LogP contribution is 2.51. The van der Waals surface area contributed by atoms with E-state index in [1.165, 1.54) is 19.2 Å². The molecule has 1 aromatic rings. The van der Waals surface area contributed by atoms with Gasteiger partial charge in [0.05, 0.1) is 12.7 Å². The Balaban J connectivity index is 2.11. The zero-order chi connectivity index (χ0) is 17.2. The summed E-state index contributed by atoms with van der Waals surface area (Å²) in [5.41, 5.74) is 3.39. The summed E-state index contributed by atoms with van der Waals surface area (Å²) in [4.78, 5) is 36.5. The number of aliphatic hydroxyl groups is 1. The molecule has 2 heterocycles. The average molecular weight is 347 g/mol. The fraction of sp³-hybridized carbons (Fsp3) is 0.583. The molecule has 4 N–H and O–H groups in total. The highest BCUT2D eigenvalue weighted by Gasteiger charge is 2.47. The molecule has 0 aliphatic carbocycles. The van der Waals surface area contributed by atoms with Crippen LogP contribution in [0.4, 0.5) is 10.6 Å². The summed E-state index contributed by atoms with van der Waals surface area (Å²) >= 11 is 0. The van der Waals surface area contributed by atoms with Crippen LogP contribution in [0.15, 0.2) is 17.1 Å². The summed E-state index contributed by atoms with van der Waals surface area (Å²) in [6.45, 7) is 1.39. The summed E-state index contributed by atoms with van der Waals surface area (Å²) in [5, 5.41) is 9.99. The van der Waals surface area contributed by atoms with Gasteiger partial charge in [0.15, 0.2) is 5.85 Å². The molecule has 1 saturated heterocycles. The van der Waals surface area contributed by atoms with E-state index < -0.39 is 36.9 Å². The molecule has 0 saturated carbocycles. The first-order chi connectivity index (χ1) is 10.8. The lowest BCUT2D eigenvalue weighted by atomic mass is 10.2. The van der Waals surface area contributed by atoms with Gasteiger partial charge in [0.2, 0.25) is 0 Å². The number of nitrogens with two attached hydrogens (primary N) is 1. The molecule has 23 heavy (non-hydrogen) atoms. The molecule has 4 atom stereocenters. The van der Waals surface area contributed by atoms with Gasteiger partial charge in [-0.05, 0) is 25.8 Å². The van der Waals surface area contributed by atoms with Crippen molar-refractivity contribution >= 4 is 18.9 Å². The summed E-state index contributed by atoms with van der Waals surface area (Å²) in [5.74, 6) is -1.87. The number of anilines is 1. The molecule has 1 aliphatic heterocycles. The first-order valence-electron chi connectivity index (χ1n) is 6.95. The van der Waals surface area contributed by atoms with Crippen LogP contribution in [0, 0.1) is 0 Å². The van der Waals surface area contributed by atoms with Crippen LogP contribution >= 0.6 is 7.37 Å². The smallest absolute Gasteiger partial charge is 0.394 e. The van der Waals surface area contributed by atoms with Gasteiger partial charge in [0.25, 0.3) is 0 Å². The minimum Gasteiger partial charge on any atom is -0.459 e. The molecule has 0 amide bonds. The van der Waals surface area contributed by atoms with Crippen LogP contribution in [0.3, 0.4) is 0 Å². The molecule has 1 aliphatic rings. The van der Waals surface area contributed by atoms with E-state index >= 15 is 0 Å². The van der Waals surface area contributed by atoms with Gasteiger partial charge in [-0.3, -0.25) is 9.13 Å². The topological polar surface area (TPSA) is 154 Å². The van der Waals surface area contributed by atoms with Crippen LogP contribution in [0.5, 0.6) is 0 Å². The van der Waals surface area contributed by atoms with Gasteiger partial charge in [-0.2, -0.15) is 4.98 Å². The number of hydrogen-bond donors (Lipinski definition) is 3. The molecule has 11 heteroatoms. The first-order valence-corrected chi connectivity index (χ1v) is 8.68. The maximum Gasteiger partial charge on any atom is 0.394 e. The number of nitrogen functional groups attached to an aromatic ring is 1. The molecule has 1 fully saturated rings. The average Bonchev–Trinajstić information content (AvgIpc) is 2.96. The summed E-state index contributed by atoms with van der Waals surface area (Å²) in [6, 6.07) is 1.41. The predicted octanol–water partition coefficient (Wildman–Crippen LogP) is 0.248. The minimum atomic E-state index is -4.63. The third-order valence-electron chi connectivity index (χ3n) is 3.41. The van der Waals surface area contributed by atoms with Crippen molar-refractivity contribution in [3.63, 3.8) is 0 Å². The van der Waals surface area contributed by atoms with Crippen molar-refractivity contribution in [2.45, 2.75) is 37.9 Å². The lowest BCUT2D eigenvalue weighted by Gasteiger charge is -2.22. The highest BCUT2D eigenvalue weighted by molar-refractivity contribution is 7.75. The van der Waals surface area contributed by atoms with E-state index in [0.29, 0.717) is 6.42 Å². The van der Waals surface area contributed by atoms with Crippen molar-refractivity contribution in [2.75, 3.05) is 12.3 Å². The molecular weight excluding hydrogens is 329 g/mol. The second-order valence-electron chi connectivity index (χ2n) is 4.98. The van der Waals surface area contributed by atoms with Crippen LogP contribution in [0.25, 0.3) is 0 Å². The van der Waals surface area contributed by atoms with E-state index in [-0.39, 0.29) is 18.8 Å². The molecule has 1 aromatic heterocycles. The van der Waals surface area contributed by atoms with E-state index in [1.54, 1.807) is 0 Å². The third kappa shape index (κ3) is 3.61. The molecule has 2 unspecified atom stereocenters. The largest absolute Gasteiger partial charge is 0.459 e. The Hall–Kier alpha value is -1.74. The zero-order valence-electron chi connectivity index (χ0n) is 12.4. The van der Waals surface area contributed by atoms with Gasteiger partial charge >= 0.3 is 18.8 Å². The molecule has 2 rings (SSSR count). The van der Waals surface area contributed by atoms with E-state index in [1.807, 2.05) is 0 Å². The Morgan fingerprint density at radius 3 is 2.96 bits per heavy atom. The van der Waals surface area contributed by atoms with Crippen LogP contribution in [0.2, 0.25) is 0 Å². The Kier molecular flexibility index (Phi) is 5.20. The van der Waals surface area contributed by atoms with Crippen molar-refractivity contribution in [3.05, 3.63) is 22.7 Å². The number of aliphatic hydroxyl groups excluding tert-OH is 1. The third-order valence-corrected chi connectivity index (χ3v) is 5.11. The lowest BCUT2D eigenvalue weighted by Crippen LogP contribution is -2.31. The number of hydrogen-bond acceptors (Lipinski definition) is 8. The summed E-state index contributed by atoms with van der Waals surface area (Å²) in [7, 11) is -4.63. The van der Waals surface area contributed by atoms with Gasteiger partial charge in [0, 0.05) is 6.20 Å². The second-order valence-corrected chi connectivity index (χ2v) is 7.12. The van der Waals surface area contributed by atoms with Gasteiger partial charge in [-0.15, -0.1) is 0 Å². The lowest BCUT2D eigenvalue weighted by molar-refractivity contribution is -0.0394. The van der Waals surface area contributed by atoms with Crippen molar-refractivity contribution in [2.24, 2.45) is 0 Å². The maximum atomic E-state index is 12.0. The quantitative estimate of drug-likeness (QED) is 0.636. The molecule has 10 nitrogen and oxygen atoms in total. The van der Waals surface area contributed by atoms with Gasteiger partial charge in [-0.1, -0.05) is 0 Å². The predicted molar refractivity (Wildman–Crippen MR) is 78.9 cm³/mol. The van der Waals surface area contributed by atoms with E-state index in [2.05, 4.69) is 9.72 Å². The summed E-state index contributed by atoms with van der Waals surface area (Å²) in [6.07, 6.45) is 0.0264. The summed E-state index contributed by atoms with van der Waals surface area (Å²) < 4.78 is 23.1. The number of nitrogens with zero attached hydrogens (tertiary/aromatic N) is 2. The molecule has 0 bridgehead atoms.